The van der Waals surface area contributed by atoms with Crippen LogP contribution < -0.4 is 11.1 Å². The molecule has 0 aliphatic rings. The number of halogens is 3. The zero-order chi connectivity index (χ0) is 15.6. The number of aromatic nitrogens is 2. The highest BCUT2D eigenvalue weighted by Gasteiger charge is 2.33. The maximum absolute atomic E-state index is 12.9. The first-order valence-electron chi connectivity index (χ1n) is 5.79. The van der Waals surface area contributed by atoms with Gasteiger partial charge in [0, 0.05) is 11.8 Å². The van der Waals surface area contributed by atoms with Gasteiger partial charge in [-0.3, -0.25) is 0 Å². The van der Waals surface area contributed by atoms with E-state index >= 15 is 0 Å². The summed E-state index contributed by atoms with van der Waals surface area (Å²) in [6.07, 6.45) is -4.61. The molecule has 0 radical (unpaired) electrons. The van der Waals surface area contributed by atoms with Crippen molar-refractivity contribution in [3.05, 3.63) is 41.2 Å². The summed E-state index contributed by atoms with van der Waals surface area (Å²) in [6.45, 7) is 1.61. The highest BCUT2D eigenvalue weighted by atomic mass is 19.4. The molecule has 5 nitrogen and oxygen atoms in total. The predicted molar refractivity (Wildman–Crippen MR) is 70.6 cm³/mol. The van der Waals surface area contributed by atoms with Gasteiger partial charge in [0.25, 0.3) is 0 Å². The summed E-state index contributed by atoms with van der Waals surface area (Å²) in [4.78, 5) is 7.88. The summed E-state index contributed by atoms with van der Waals surface area (Å²) in [5.74, 6) is 0.870. The summed E-state index contributed by atoms with van der Waals surface area (Å²) >= 11 is 0. The number of anilines is 3. The summed E-state index contributed by atoms with van der Waals surface area (Å²) in [6, 6.07) is 6.23. The minimum atomic E-state index is -4.61. The van der Waals surface area contributed by atoms with Crippen LogP contribution in [0.5, 0.6) is 0 Å². The van der Waals surface area contributed by atoms with E-state index < -0.39 is 17.3 Å². The maximum Gasteiger partial charge on any atom is 0.417 e. The van der Waals surface area contributed by atoms with Crippen LogP contribution in [0.25, 0.3) is 0 Å². The average molecular weight is 293 g/mol. The second-order valence-corrected chi connectivity index (χ2v) is 4.22. The van der Waals surface area contributed by atoms with Crippen LogP contribution in [0.4, 0.5) is 30.5 Å². The summed E-state index contributed by atoms with van der Waals surface area (Å²) in [5.41, 5.74) is 4.25. The number of aryl methyl sites for hydroxylation is 1. The predicted octanol–water partition coefficient (Wildman–Crippen LogP) is 3.00. The van der Waals surface area contributed by atoms with Crippen LogP contribution in [0.3, 0.4) is 0 Å². The maximum atomic E-state index is 12.9. The number of rotatable bonds is 2. The second-order valence-electron chi connectivity index (χ2n) is 4.22. The van der Waals surface area contributed by atoms with Crippen LogP contribution in [0.2, 0.25) is 0 Å². The lowest BCUT2D eigenvalue weighted by Crippen LogP contribution is -2.09. The Morgan fingerprint density at radius 2 is 1.95 bits per heavy atom. The van der Waals surface area contributed by atoms with Gasteiger partial charge in [-0.15, -0.1) is 0 Å². The highest BCUT2D eigenvalue weighted by molar-refractivity contribution is 5.61. The number of nitrogens with one attached hydrogen (secondary N) is 1. The average Bonchev–Trinajstić information content (AvgIpc) is 2.36. The van der Waals surface area contributed by atoms with Crippen molar-refractivity contribution in [1.29, 1.82) is 5.26 Å². The number of hydrogen-bond acceptors (Lipinski definition) is 5. The molecule has 0 atom stereocenters. The van der Waals surface area contributed by atoms with Gasteiger partial charge in [0.15, 0.2) is 0 Å². The topological polar surface area (TPSA) is 87.6 Å². The van der Waals surface area contributed by atoms with Gasteiger partial charge in [-0.2, -0.15) is 18.4 Å². The third-order valence-electron chi connectivity index (χ3n) is 2.58. The first-order valence-corrected chi connectivity index (χ1v) is 5.79. The molecule has 2 aromatic rings. The molecule has 8 heteroatoms. The van der Waals surface area contributed by atoms with Gasteiger partial charge in [0.1, 0.15) is 17.5 Å². The van der Waals surface area contributed by atoms with E-state index in [2.05, 4.69) is 15.3 Å². The third-order valence-corrected chi connectivity index (χ3v) is 2.58. The Labute approximate surface area is 118 Å². The molecule has 2 rings (SSSR count). The lowest BCUT2D eigenvalue weighted by Gasteiger charge is -2.12. The van der Waals surface area contributed by atoms with Crippen molar-refractivity contribution in [2.75, 3.05) is 11.1 Å². The van der Waals surface area contributed by atoms with Crippen LogP contribution >= 0.6 is 0 Å². The zero-order valence-corrected chi connectivity index (χ0v) is 10.9. The second kappa shape index (κ2) is 5.28. The largest absolute Gasteiger partial charge is 0.417 e. The molecule has 0 amide bonds. The summed E-state index contributed by atoms with van der Waals surface area (Å²) in [5, 5.41) is 11.4. The van der Waals surface area contributed by atoms with E-state index in [0.29, 0.717) is 5.82 Å². The van der Waals surface area contributed by atoms with Crippen molar-refractivity contribution in [3.8, 4) is 6.07 Å². The lowest BCUT2D eigenvalue weighted by atomic mass is 10.1. The molecule has 0 fully saturated rings. The lowest BCUT2D eigenvalue weighted by molar-refractivity contribution is -0.137. The Hall–Kier alpha value is -2.82. The molecular weight excluding hydrogens is 283 g/mol. The van der Waals surface area contributed by atoms with E-state index in [-0.39, 0.29) is 17.3 Å². The Morgan fingerprint density at radius 3 is 2.52 bits per heavy atom. The highest BCUT2D eigenvalue weighted by Crippen LogP contribution is 2.34. The van der Waals surface area contributed by atoms with Gasteiger partial charge in [0.05, 0.1) is 17.2 Å². The molecule has 1 aromatic carbocycles. The SMILES string of the molecule is Cc1nc(N)cc(Nc2ccc(C#N)c(C(F)(F)F)c2)n1. The van der Waals surface area contributed by atoms with Crippen LogP contribution in [-0.2, 0) is 6.18 Å². The molecule has 0 unspecified atom stereocenters. The van der Waals surface area contributed by atoms with Crippen molar-refractivity contribution in [1.82, 2.24) is 9.97 Å². The number of benzene rings is 1. The normalized spacial score (nSPS) is 11.0. The molecule has 1 heterocycles. The molecule has 0 aliphatic heterocycles. The molecular formula is C13H10F3N5. The van der Waals surface area contributed by atoms with Crippen molar-refractivity contribution in [3.63, 3.8) is 0 Å². The number of nitrogen functional groups attached to an aromatic ring is 1. The number of nitriles is 1. The molecule has 0 spiro atoms. The molecule has 0 aliphatic carbocycles. The smallest absolute Gasteiger partial charge is 0.384 e. The summed E-state index contributed by atoms with van der Waals surface area (Å²) < 4.78 is 38.6. The fourth-order valence-corrected chi connectivity index (χ4v) is 1.76. The van der Waals surface area contributed by atoms with Crippen LogP contribution in [0, 0.1) is 18.3 Å². The Bertz CT molecular complexity index is 698. The standard InChI is InChI=1S/C13H10F3N5/c1-7-19-11(18)5-12(20-7)21-9-3-2-8(6-17)10(4-9)13(14,15)16/h2-5H,1H3,(H3,18,19,20,21). The van der Waals surface area contributed by atoms with Crippen LogP contribution in [0.1, 0.15) is 17.0 Å². The Balaban J connectivity index is 2.40. The van der Waals surface area contributed by atoms with Crippen molar-refractivity contribution in [2.45, 2.75) is 13.1 Å². The molecule has 0 saturated carbocycles. The molecule has 21 heavy (non-hydrogen) atoms. The molecule has 0 bridgehead atoms. The van der Waals surface area contributed by atoms with Gasteiger partial charge < -0.3 is 11.1 Å². The van der Waals surface area contributed by atoms with E-state index in [9.17, 15) is 13.2 Å². The fraction of sp³-hybridized carbons (Fsp3) is 0.154. The van der Waals surface area contributed by atoms with Crippen molar-refractivity contribution >= 4 is 17.3 Å². The van der Waals surface area contributed by atoms with Gasteiger partial charge in [-0.25, -0.2) is 9.97 Å². The first-order chi connectivity index (χ1) is 9.79. The summed E-state index contributed by atoms with van der Waals surface area (Å²) in [7, 11) is 0. The Kier molecular flexibility index (Phi) is 3.67. The van der Waals surface area contributed by atoms with E-state index in [1.165, 1.54) is 18.2 Å². The molecule has 0 saturated heterocycles. The van der Waals surface area contributed by atoms with Gasteiger partial charge in [-0.05, 0) is 25.1 Å². The Morgan fingerprint density at radius 1 is 1.24 bits per heavy atom. The van der Waals surface area contributed by atoms with E-state index in [1.54, 1.807) is 6.92 Å². The molecule has 3 N–H and O–H groups in total. The molecule has 1 aromatic heterocycles. The minimum absolute atomic E-state index is 0.152. The number of hydrogen-bond donors (Lipinski definition) is 2. The first kappa shape index (κ1) is 14.6. The van der Waals surface area contributed by atoms with Crippen molar-refractivity contribution in [2.24, 2.45) is 0 Å². The van der Waals surface area contributed by atoms with E-state index in [4.69, 9.17) is 11.0 Å². The van der Waals surface area contributed by atoms with Gasteiger partial charge >= 0.3 is 6.18 Å². The van der Waals surface area contributed by atoms with E-state index in [0.717, 1.165) is 12.1 Å². The third kappa shape index (κ3) is 3.39. The van der Waals surface area contributed by atoms with Crippen LogP contribution in [0.15, 0.2) is 24.3 Å². The number of nitrogens with zero attached hydrogens (tertiary/aromatic N) is 3. The van der Waals surface area contributed by atoms with Gasteiger partial charge in [0.2, 0.25) is 0 Å². The number of alkyl halides is 3. The van der Waals surface area contributed by atoms with Gasteiger partial charge in [-0.1, -0.05) is 0 Å². The molecule has 108 valence electrons. The monoisotopic (exact) mass is 293 g/mol. The quantitative estimate of drug-likeness (QED) is 0.888. The zero-order valence-electron chi connectivity index (χ0n) is 10.9. The fourth-order valence-electron chi connectivity index (χ4n) is 1.76. The minimum Gasteiger partial charge on any atom is -0.384 e. The van der Waals surface area contributed by atoms with Crippen LogP contribution in [-0.4, -0.2) is 9.97 Å². The van der Waals surface area contributed by atoms with Crippen molar-refractivity contribution < 1.29 is 13.2 Å². The van der Waals surface area contributed by atoms with E-state index in [1.807, 2.05) is 0 Å². The number of nitrogens with two attached hydrogens (primary N) is 1.